The first-order valence-corrected chi connectivity index (χ1v) is 11.2. The fourth-order valence-electron chi connectivity index (χ4n) is 3.34. The number of nitrogens with two attached hydrogens (primary N) is 2. The Kier molecular flexibility index (Phi) is 13.0. The van der Waals surface area contributed by atoms with E-state index in [0.717, 1.165) is 29.4 Å². The minimum absolute atomic E-state index is 0.0660. The number of para-hydroxylation sites is 1. The van der Waals surface area contributed by atoms with Gasteiger partial charge in [0.15, 0.2) is 6.54 Å². The molecule has 0 saturated heterocycles. The third-order valence-electron chi connectivity index (χ3n) is 5.10. The maximum atomic E-state index is 10.5. The molecule has 0 aliphatic heterocycles. The van der Waals surface area contributed by atoms with Crippen LogP contribution < -0.4 is 16.2 Å². The van der Waals surface area contributed by atoms with Crippen LogP contribution in [0.1, 0.15) is 63.9 Å². The lowest BCUT2D eigenvalue weighted by molar-refractivity contribution is -0.688. The van der Waals surface area contributed by atoms with Gasteiger partial charge in [0.05, 0.1) is 12.5 Å². The number of quaternary nitrogens is 1. The predicted octanol–water partition coefficient (Wildman–Crippen LogP) is 0.109. The Morgan fingerprint density at radius 3 is 2.32 bits per heavy atom. The number of hydrogen-bond donors (Lipinski definition) is 6. The van der Waals surface area contributed by atoms with Gasteiger partial charge < -0.3 is 41.3 Å². The number of carboxylic acids is 1. The van der Waals surface area contributed by atoms with E-state index in [1.165, 1.54) is 44.9 Å². The number of rotatable bonds is 14. The number of aliphatic carboxylic acids is 1. The van der Waals surface area contributed by atoms with E-state index < -0.39 is 18.0 Å². The van der Waals surface area contributed by atoms with Gasteiger partial charge in [-0.05, 0) is 30.9 Å². The Balaban J connectivity index is 0.000000310. The molecule has 1 atom stereocenters. The molecule has 0 amide bonds. The van der Waals surface area contributed by atoms with Crippen molar-refractivity contribution in [2.24, 2.45) is 5.73 Å². The van der Waals surface area contributed by atoms with Gasteiger partial charge in [0.1, 0.15) is 0 Å². The Morgan fingerprint density at radius 1 is 1.10 bits per heavy atom. The number of carbonyl (C=O) groups excluding carboxylic acids is 1. The minimum atomic E-state index is -2.51. The summed E-state index contributed by atoms with van der Waals surface area (Å²) in [4.78, 5) is 13.6. The zero-order valence-electron chi connectivity index (χ0n) is 18.6. The molecule has 176 valence electrons. The van der Waals surface area contributed by atoms with Gasteiger partial charge in [0.2, 0.25) is 0 Å². The molecule has 1 aromatic carbocycles. The van der Waals surface area contributed by atoms with E-state index >= 15 is 0 Å². The van der Waals surface area contributed by atoms with Crippen LogP contribution in [0.15, 0.2) is 30.5 Å². The Bertz CT molecular complexity index is 742. The molecular weight excluding hydrogens is 398 g/mol. The van der Waals surface area contributed by atoms with Crippen molar-refractivity contribution in [2.75, 3.05) is 13.1 Å². The lowest BCUT2D eigenvalue weighted by Gasteiger charge is -2.11. The summed E-state index contributed by atoms with van der Waals surface area (Å²) in [5.74, 6) is -3.74. The van der Waals surface area contributed by atoms with Crippen molar-refractivity contribution in [3.8, 4) is 0 Å². The van der Waals surface area contributed by atoms with Gasteiger partial charge in [-0.25, -0.2) is 0 Å². The van der Waals surface area contributed by atoms with E-state index in [1.54, 1.807) is 11.5 Å². The Hall–Kier alpha value is -1.97. The zero-order chi connectivity index (χ0) is 23.1. The second-order valence-electron chi connectivity index (χ2n) is 8.02. The molecule has 8 nitrogen and oxygen atoms in total. The maximum Gasteiger partial charge on any atom is 0.327 e. The number of benzene rings is 1. The monoisotopic (exact) mass is 437 g/mol. The van der Waals surface area contributed by atoms with Crippen LogP contribution in [-0.4, -0.2) is 51.4 Å². The van der Waals surface area contributed by atoms with Crippen molar-refractivity contribution in [1.29, 1.82) is 0 Å². The lowest BCUT2D eigenvalue weighted by Crippen LogP contribution is -2.88. The summed E-state index contributed by atoms with van der Waals surface area (Å²) in [6.45, 7) is 3.00. The number of aromatic amines is 1. The van der Waals surface area contributed by atoms with Crippen LogP contribution in [0.5, 0.6) is 0 Å². The number of unbranched alkanes of at least 4 members (excludes halogenated alkanes) is 7. The van der Waals surface area contributed by atoms with Gasteiger partial charge >= 0.3 is 5.97 Å². The number of H-pyrrole nitrogens is 1. The molecule has 1 heterocycles. The van der Waals surface area contributed by atoms with Crippen LogP contribution in [0.2, 0.25) is 0 Å². The summed E-state index contributed by atoms with van der Waals surface area (Å²) < 4.78 is 0. The second-order valence-corrected chi connectivity index (χ2v) is 8.02. The van der Waals surface area contributed by atoms with Gasteiger partial charge in [0, 0.05) is 23.1 Å². The third-order valence-corrected chi connectivity index (χ3v) is 5.10. The van der Waals surface area contributed by atoms with E-state index in [-0.39, 0.29) is 13.0 Å². The van der Waals surface area contributed by atoms with Crippen molar-refractivity contribution in [2.45, 2.75) is 76.7 Å². The van der Waals surface area contributed by atoms with E-state index in [1.807, 2.05) is 24.3 Å². The Morgan fingerprint density at radius 2 is 1.71 bits per heavy atom. The molecule has 0 aliphatic carbocycles. The summed E-state index contributed by atoms with van der Waals surface area (Å²) in [6.07, 6.45) is 12.2. The highest BCUT2D eigenvalue weighted by Gasteiger charge is 2.19. The van der Waals surface area contributed by atoms with E-state index in [0.29, 0.717) is 0 Å². The number of aliphatic hydroxyl groups is 3. The average molecular weight is 438 g/mol. The van der Waals surface area contributed by atoms with Crippen molar-refractivity contribution < 1.29 is 30.5 Å². The first-order chi connectivity index (χ1) is 14.7. The molecule has 2 aromatic rings. The summed E-state index contributed by atoms with van der Waals surface area (Å²) in [7, 11) is 0. The fourth-order valence-corrected chi connectivity index (χ4v) is 3.34. The SMILES string of the molecule is CCCCCCCCCC[NH2+]CC(O)(O)O.N[C@@H](Cc1c[nH]c2ccccc12)C(=O)[O-]. The molecule has 0 unspecified atom stereocenters. The van der Waals surface area contributed by atoms with Gasteiger partial charge in [-0.3, -0.25) is 0 Å². The largest absolute Gasteiger partial charge is 0.548 e. The first kappa shape index (κ1) is 27.1. The van der Waals surface area contributed by atoms with E-state index in [2.05, 4.69) is 11.9 Å². The highest BCUT2D eigenvalue weighted by molar-refractivity contribution is 5.84. The number of carboxylic acid groups (broad SMARTS) is 1. The highest BCUT2D eigenvalue weighted by atomic mass is 16.7. The van der Waals surface area contributed by atoms with Gasteiger partial charge in [0.25, 0.3) is 0 Å². The van der Waals surface area contributed by atoms with Crippen LogP contribution in [0.25, 0.3) is 10.9 Å². The topological polar surface area (TPSA) is 159 Å². The Labute approximate surface area is 184 Å². The number of carbonyl (C=O) groups is 1. The van der Waals surface area contributed by atoms with Gasteiger partial charge in [-0.15, -0.1) is 0 Å². The normalized spacial score (nSPS) is 12.4. The predicted molar refractivity (Wildman–Crippen MR) is 119 cm³/mol. The van der Waals surface area contributed by atoms with E-state index in [4.69, 9.17) is 21.1 Å². The fraction of sp³-hybridized carbons (Fsp3) is 0.609. The number of fused-ring (bicyclic) bond motifs is 1. The third kappa shape index (κ3) is 12.5. The molecule has 31 heavy (non-hydrogen) atoms. The lowest BCUT2D eigenvalue weighted by atomic mass is 10.1. The smallest absolute Gasteiger partial charge is 0.327 e. The van der Waals surface area contributed by atoms with Crippen molar-refractivity contribution >= 4 is 16.9 Å². The number of hydrogen-bond acceptors (Lipinski definition) is 6. The van der Waals surface area contributed by atoms with Crippen LogP contribution in [0, 0.1) is 0 Å². The standard InChI is InChI=1S/C12H27NO3.C11H12N2O2/c1-2-3-4-5-6-7-8-9-10-13-11-12(14,15)16;12-9(11(14)15)5-7-6-13-10-4-2-1-3-8(7)10/h13-16H,2-11H2,1H3;1-4,6,9,13H,5,12H2,(H,14,15)/t;9-/m.0/s1. The van der Waals surface area contributed by atoms with Crippen molar-refractivity contribution in [3.63, 3.8) is 0 Å². The van der Waals surface area contributed by atoms with Crippen LogP contribution in [0.3, 0.4) is 0 Å². The summed E-state index contributed by atoms with van der Waals surface area (Å²) in [5.41, 5.74) is 7.31. The average Bonchev–Trinajstić information content (AvgIpc) is 3.12. The molecular formula is C23H39N3O5. The molecule has 0 spiro atoms. The molecule has 0 fully saturated rings. The molecule has 8 heteroatoms. The van der Waals surface area contributed by atoms with Gasteiger partial charge in [-0.1, -0.05) is 63.6 Å². The van der Waals surface area contributed by atoms with Crippen molar-refractivity contribution in [1.82, 2.24) is 4.98 Å². The van der Waals surface area contributed by atoms with Crippen LogP contribution in [0.4, 0.5) is 0 Å². The van der Waals surface area contributed by atoms with Gasteiger partial charge in [-0.2, -0.15) is 0 Å². The van der Waals surface area contributed by atoms with Crippen LogP contribution >= 0.6 is 0 Å². The van der Waals surface area contributed by atoms with E-state index in [9.17, 15) is 9.90 Å². The molecule has 0 saturated carbocycles. The minimum Gasteiger partial charge on any atom is -0.548 e. The maximum absolute atomic E-state index is 10.5. The summed E-state index contributed by atoms with van der Waals surface area (Å²) in [5, 5.41) is 39.1. The summed E-state index contributed by atoms with van der Waals surface area (Å²) >= 11 is 0. The number of aromatic nitrogens is 1. The van der Waals surface area contributed by atoms with Crippen molar-refractivity contribution in [3.05, 3.63) is 36.0 Å². The molecule has 0 radical (unpaired) electrons. The molecule has 0 bridgehead atoms. The zero-order valence-corrected chi connectivity index (χ0v) is 18.6. The van der Waals surface area contributed by atoms with Crippen LogP contribution in [-0.2, 0) is 11.2 Å². The molecule has 8 N–H and O–H groups in total. The molecule has 1 aromatic heterocycles. The number of nitrogens with one attached hydrogen (secondary N) is 1. The quantitative estimate of drug-likeness (QED) is 0.182. The second kappa shape index (κ2) is 14.9. The molecule has 0 aliphatic rings. The highest BCUT2D eigenvalue weighted by Crippen LogP contribution is 2.18. The first-order valence-electron chi connectivity index (χ1n) is 11.2. The summed E-state index contributed by atoms with van der Waals surface area (Å²) in [6, 6.07) is 6.74. The molecule has 2 rings (SSSR count).